The first-order valence-corrected chi connectivity index (χ1v) is 5.46. The molecule has 3 nitrogen and oxygen atoms in total. The molecule has 0 radical (unpaired) electrons. The van der Waals surface area contributed by atoms with Crippen molar-refractivity contribution in [2.45, 2.75) is 26.8 Å². The monoisotopic (exact) mass is 216 g/mol. The van der Waals surface area contributed by atoms with Crippen LogP contribution >= 0.6 is 0 Å². The van der Waals surface area contributed by atoms with Crippen molar-refractivity contribution in [3.05, 3.63) is 35.5 Å². The molecule has 0 atom stereocenters. The molecule has 0 aliphatic carbocycles. The number of amides is 1. The van der Waals surface area contributed by atoms with E-state index in [4.69, 9.17) is 0 Å². The smallest absolute Gasteiger partial charge is 0.267 e. The molecular formula is C13H16N2O. The molecule has 1 aromatic carbocycles. The van der Waals surface area contributed by atoms with Gasteiger partial charge in [0, 0.05) is 16.9 Å². The SMILES string of the molecule is Cc1ccc2cc(C(=O)NC(C)C)[nH]c2c1. The van der Waals surface area contributed by atoms with E-state index in [1.54, 1.807) is 0 Å². The zero-order chi connectivity index (χ0) is 11.7. The number of carbonyl (C=O) groups excluding carboxylic acids is 1. The summed E-state index contributed by atoms with van der Waals surface area (Å²) >= 11 is 0. The maximum absolute atomic E-state index is 11.8. The van der Waals surface area contributed by atoms with Gasteiger partial charge in [0.2, 0.25) is 0 Å². The van der Waals surface area contributed by atoms with E-state index in [0.717, 1.165) is 10.9 Å². The molecule has 1 amide bonds. The lowest BCUT2D eigenvalue weighted by Crippen LogP contribution is -2.30. The molecule has 0 saturated heterocycles. The second-order valence-corrected chi connectivity index (χ2v) is 4.40. The van der Waals surface area contributed by atoms with E-state index in [0.29, 0.717) is 5.69 Å². The van der Waals surface area contributed by atoms with Crippen molar-refractivity contribution in [2.24, 2.45) is 0 Å². The maximum atomic E-state index is 11.8. The molecule has 0 unspecified atom stereocenters. The van der Waals surface area contributed by atoms with Crippen LogP contribution in [0.2, 0.25) is 0 Å². The zero-order valence-corrected chi connectivity index (χ0v) is 9.79. The fourth-order valence-electron chi connectivity index (χ4n) is 1.70. The number of nitrogens with one attached hydrogen (secondary N) is 2. The molecule has 16 heavy (non-hydrogen) atoms. The molecule has 0 fully saturated rings. The summed E-state index contributed by atoms with van der Waals surface area (Å²) < 4.78 is 0. The number of carbonyl (C=O) groups is 1. The van der Waals surface area contributed by atoms with Crippen molar-refractivity contribution in [2.75, 3.05) is 0 Å². The third kappa shape index (κ3) is 2.08. The number of hydrogen-bond acceptors (Lipinski definition) is 1. The molecule has 0 bridgehead atoms. The van der Waals surface area contributed by atoms with Crippen LogP contribution in [0.1, 0.15) is 29.9 Å². The normalized spacial score (nSPS) is 11.0. The van der Waals surface area contributed by atoms with Crippen LogP contribution in [0, 0.1) is 6.92 Å². The molecule has 2 N–H and O–H groups in total. The fraction of sp³-hybridized carbons (Fsp3) is 0.308. The van der Waals surface area contributed by atoms with E-state index < -0.39 is 0 Å². The Balaban J connectivity index is 2.36. The second kappa shape index (κ2) is 4.00. The van der Waals surface area contributed by atoms with Crippen molar-refractivity contribution in [1.29, 1.82) is 0 Å². The van der Waals surface area contributed by atoms with Gasteiger partial charge in [0.1, 0.15) is 5.69 Å². The first kappa shape index (κ1) is 10.7. The zero-order valence-electron chi connectivity index (χ0n) is 9.79. The van der Waals surface area contributed by atoms with Crippen LogP contribution in [-0.4, -0.2) is 16.9 Å². The Labute approximate surface area is 94.9 Å². The van der Waals surface area contributed by atoms with Crippen molar-refractivity contribution < 1.29 is 4.79 Å². The summed E-state index contributed by atoms with van der Waals surface area (Å²) in [5.74, 6) is -0.0520. The van der Waals surface area contributed by atoms with Crippen LogP contribution in [-0.2, 0) is 0 Å². The van der Waals surface area contributed by atoms with Crippen molar-refractivity contribution in [1.82, 2.24) is 10.3 Å². The average Bonchev–Trinajstić information content (AvgIpc) is 2.59. The van der Waals surface area contributed by atoms with E-state index in [1.807, 2.05) is 45.0 Å². The molecule has 0 spiro atoms. The van der Waals surface area contributed by atoms with E-state index >= 15 is 0 Å². The fourth-order valence-corrected chi connectivity index (χ4v) is 1.70. The van der Waals surface area contributed by atoms with Crippen molar-refractivity contribution >= 4 is 16.8 Å². The number of aromatic nitrogens is 1. The molecule has 0 saturated carbocycles. The maximum Gasteiger partial charge on any atom is 0.267 e. The molecule has 84 valence electrons. The Hall–Kier alpha value is -1.77. The number of hydrogen-bond donors (Lipinski definition) is 2. The van der Waals surface area contributed by atoms with Gasteiger partial charge in [-0.05, 0) is 38.5 Å². The number of benzene rings is 1. The van der Waals surface area contributed by atoms with E-state index in [1.165, 1.54) is 5.56 Å². The summed E-state index contributed by atoms with van der Waals surface area (Å²) in [7, 11) is 0. The average molecular weight is 216 g/mol. The Morgan fingerprint density at radius 3 is 2.75 bits per heavy atom. The standard InChI is InChI=1S/C13H16N2O/c1-8(2)14-13(16)12-7-10-5-4-9(3)6-11(10)15-12/h4-8,15H,1-3H3,(H,14,16). The highest BCUT2D eigenvalue weighted by atomic mass is 16.1. The van der Waals surface area contributed by atoms with Gasteiger partial charge in [-0.15, -0.1) is 0 Å². The van der Waals surface area contributed by atoms with Crippen LogP contribution in [0.15, 0.2) is 24.3 Å². The second-order valence-electron chi connectivity index (χ2n) is 4.40. The Bertz CT molecular complexity index is 526. The van der Waals surface area contributed by atoms with Crippen LogP contribution in [0.3, 0.4) is 0 Å². The van der Waals surface area contributed by atoms with Crippen LogP contribution in [0.25, 0.3) is 10.9 Å². The van der Waals surface area contributed by atoms with Gasteiger partial charge in [-0.2, -0.15) is 0 Å². The Morgan fingerprint density at radius 1 is 1.31 bits per heavy atom. The third-order valence-electron chi connectivity index (χ3n) is 2.44. The predicted molar refractivity (Wildman–Crippen MR) is 65.6 cm³/mol. The lowest BCUT2D eigenvalue weighted by molar-refractivity contribution is 0.0939. The molecule has 0 aliphatic rings. The van der Waals surface area contributed by atoms with Crippen molar-refractivity contribution in [3.63, 3.8) is 0 Å². The molecule has 1 aromatic heterocycles. The van der Waals surface area contributed by atoms with Gasteiger partial charge in [0.25, 0.3) is 5.91 Å². The Morgan fingerprint density at radius 2 is 2.06 bits per heavy atom. The van der Waals surface area contributed by atoms with Gasteiger partial charge in [0.15, 0.2) is 0 Å². The molecule has 2 aromatic rings. The van der Waals surface area contributed by atoms with Gasteiger partial charge in [0.05, 0.1) is 0 Å². The molecular weight excluding hydrogens is 200 g/mol. The summed E-state index contributed by atoms with van der Waals surface area (Å²) in [4.78, 5) is 14.9. The largest absolute Gasteiger partial charge is 0.351 e. The first-order valence-electron chi connectivity index (χ1n) is 5.46. The van der Waals surface area contributed by atoms with E-state index in [-0.39, 0.29) is 11.9 Å². The highest BCUT2D eigenvalue weighted by molar-refractivity contribution is 5.98. The molecule has 1 heterocycles. The first-order chi connectivity index (χ1) is 7.56. The number of aromatic amines is 1. The van der Waals surface area contributed by atoms with Gasteiger partial charge < -0.3 is 10.3 Å². The van der Waals surface area contributed by atoms with Gasteiger partial charge in [-0.3, -0.25) is 4.79 Å². The topological polar surface area (TPSA) is 44.9 Å². The minimum atomic E-state index is -0.0520. The minimum Gasteiger partial charge on any atom is -0.351 e. The number of H-pyrrole nitrogens is 1. The Kier molecular flexibility index (Phi) is 2.69. The van der Waals surface area contributed by atoms with Gasteiger partial charge in [-0.1, -0.05) is 12.1 Å². The number of rotatable bonds is 2. The third-order valence-corrected chi connectivity index (χ3v) is 2.44. The van der Waals surface area contributed by atoms with Gasteiger partial charge >= 0.3 is 0 Å². The van der Waals surface area contributed by atoms with E-state index in [9.17, 15) is 4.79 Å². The van der Waals surface area contributed by atoms with Gasteiger partial charge in [-0.25, -0.2) is 0 Å². The quantitative estimate of drug-likeness (QED) is 0.796. The van der Waals surface area contributed by atoms with Crippen LogP contribution in [0.5, 0.6) is 0 Å². The summed E-state index contributed by atoms with van der Waals surface area (Å²) in [6.07, 6.45) is 0. The molecule has 2 rings (SSSR count). The summed E-state index contributed by atoms with van der Waals surface area (Å²) in [5.41, 5.74) is 2.81. The van der Waals surface area contributed by atoms with Crippen LogP contribution in [0.4, 0.5) is 0 Å². The summed E-state index contributed by atoms with van der Waals surface area (Å²) in [6.45, 7) is 5.93. The summed E-state index contributed by atoms with van der Waals surface area (Å²) in [6, 6.07) is 8.14. The number of fused-ring (bicyclic) bond motifs is 1. The minimum absolute atomic E-state index is 0.0520. The lowest BCUT2D eigenvalue weighted by Gasteiger charge is -2.05. The summed E-state index contributed by atoms with van der Waals surface area (Å²) in [5, 5.41) is 3.93. The molecule has 3 heteroatoms. The van der Waals surface area contributed by atoms with E-state index in [2.05, 4.69) is 10.3 Å². The highest BCUT2D eigenvalue weighted by Gasteiger charge is 2.09. The van der Waals surface area contributed by atoms with Crippen molar-refractivity contribution in [3.8, 4) is 0 Å². The predicted octanol–water partition coefficient (Wildman–Crippen LogP) is 2.61. The lowest BCUT2D eigenvalue weighted by atomic mass is 10.2. The highest BCUT2D eigenvalue weighted by Crippen LogP contribution is 2.16. The molecule has 0 aliphatic heterocycles. The number of aryl methyl sites for hydroxylation is 1. The van der Waals surface area contributed by atoms with Crippen LogP contribution < -0.4 is 5.32 Å².